The quantitative estimate of drug-likeness (QED) is 0.412. The lowest BCUT2D eigenvalue weighted by Gasteiger charge is -2.26. The Kier molecular flexibility index (Phi) is 7.79. The number of nitrogens with two attached hydrogens (primary N) is 1. The van der Waals surface area contributed by atoms with Crippen molar-refractivity contribution in [2.24, 2.45) is 17.1 Å². The Labute approximate surface area is 209 Å². The maximum absolute atomic E-state index is 13.3. The molecular weight excluding hydrogens is 434 g/mol. The van der Waals surface area contributed by atoms with E-state index < -0.39 is 5.91 Å². The number of hydrogen-bond acceptors (Lipinski definition) is 3. The van der Waals surface area contributed by atoms with Gasteiger partial charge >= 0.3 is 0 Å². The number of carbonyl (C=O) groups excluding carboxylic acids is 2. The van der Waals surface area contributed by atoms with Crippen molar-refractivity contribution in [1.29, 1.82) is 0 Å². The van der Waals surface area contributed by atoms with Crippen LogP contribution in [0.25, 0.3) is 11.1 Å². The van der Waals surface area contributed by atoms with Crippen LogP contribution < -0.4 is 11.1 Å². The summed E-state index contributed by atoms with van der Waals surface area (Å²) in [6.45, 7) is 14.9. The summed E-state index contributed by atoms with van der Waals surface area (Å²) in [7, 11) is 0. The zero-order valence-electron chi connectivity index (χ0n) is 21.8. The molecule has 0 bridgehead atoms. The summed E-state index contributed by atoms with van der Waals surface area (Å²) in [4.78, 5) is 29.7. The Morgan fingerprint density at radius 3 is 2.06 bits per heavy atom. The Morgan fingerprint density at radius 2 is 1.54 bits per heavy atom. The van der Waals surface area contributed by atoms with Crippen LogP contribution >= 0.6 is 0 Å². The number of amides is 2. The second kappa shape index (κ2) is 10.4. The maximum atomic E-state index is 13.3. The molecule has 2 aromatic carbocycles. The third-order valence-electron chi connectivity index (χ3n) is 5.68. The molecule has 0 aliphatic carbocycles. The lowest BCUT2D eigenvalue weighted by molar-refractivity contribution is 0.0995. The van der Waals surface area contributed by atoms with E-state index in [2.05, 4.69) is 77.5 Å². The minimum atomic E-state index is -0.526. The van der Waals surface area contributed by atoms with Crippen molar-refractivity contribution in [3.8, 4) is 11.1 Å². The summed E-state index contributed by atoms with van der Waals surface area (Å²) in [6.07, 6.45) is 3.09. The van der Waals surface area contributed by atoms with Gasteiger partial charge in [0.05, 0.1) is 11.4 Å². The maximum Gasteiger partial charge on any atom is 0.255 e. The van der Waals surface area contributed by atoms with Crippen LogP contribution in [-0.4, -0.2) is 16.8 Å². The van der Waals surface area contributed by atoms with Crippen LogP contribution in [0.3, 0.4) is 0 Å². The fraction of sp³-hybridized carbons (Fsp3) is 0.333. The molecule has 1 aromatic heterocycles. The Balaban J connectivity index is 2.20. The van der Waals surface area contributed by atoms with Crippen molar-refractivity contribution in [3.05, 3.63) is 88.6 Å². The number of rotatable bonds is 7. The van der Waals surface area contributed by atoms with Crippen LogP contribution in [0.15, 0.2) is 48.5 Å². The monoisotopic (exact) mass is 470 g/mol. The van der Waals surface area contributed by atoms with E-state index in [0.29, 0.717) is 22.7 Å². The highest BCUT2D eigenvalue weighted by molar-refractivity contribution is 6.07. The van der Waals surface area contributed by atoms with Gasteiger partial charge in [0.25, 0.3) is 5.91 Å². The number of nitrogens with zero attached hydrogens (tertiary/aromatic N) is 1. The highest BCUT2D eigenvalue weighted by Gasteiger charge is 2.25. The van der Waals surface area contributed by atoms with Gasteiger partial charge in [0.2, 0.25) is 5.91 Å². The molecule has 35 heavy (non-hydrogen) atoms. The molecule has 2 amide bonds. The van der Waals surface area contributed by atoms with E-state index in [1.807, 2.05) is 6.92 Å². The molecule has 5 heteroatoms. The van der Waals surface area contributed by atoms with Crippen LogP contribution in [0.1, 0.15) is 77.8 Å². The van der Waals surface area contributed by atoms with Crippen LogP contribution in [0.5, 0.6) is 0 Å². The lowest BCUT2D eigenvalue weighted by Crippen LogP contribution is -2.19. The third kappa shape index (κ3) is 6.56. The van der Waals surface area contributed by atoms with Gasteiger partial charge in [-0.1, -0.05) is 64.4 Å². The summed E-state index contributed by atoms with van der Waals surface area (Å²) < 4.78 is 0. The number of aromatic nitrogens is 1. The predicted molar refractivity (Wildman–Crippen MR) is 143 cm³/mol. The van der Waals surface area contributed by atoms with Crippen LogP contribution in [0.4, 0.5) is 5.69 Å². The van der Waals surface area contributed by atoms with Gasteiger partial charge in [-0.3, -0.25) is 14.6 Å². The van der Waals surface area contributed by atoms with Crippen molar-refractivity contribution in [1.82, 2.24) is 4.98 Å². The molecule has 0 unspecified atom stereocenters. The molecule has 0 saturated heterocycles. The molecule has 0 aliphatic rings. The zero-order valence-corrected chi connectivity index (χ0v) is 21.8. The van der Waals surface area contributed by atoms with Crippen LogP contribution in [0, 0.1) is 31.6 Å². The van der Waals surface area contributed by atoms with Gasteiger partial charge in [-0.2, -0.15) is 0 Å². The van der Waals surface area contributed by atoms with Gasteiger partial charge in [0.15, 0.2) is 0 Å². The minimum Gasteiger partial charge on any atom is -0.366 e. The first-order chi connectivity index (χ1) is 16.4. The van der Waals surface area contributed by atoms with Gasteiger partial charge in [0, 0.05) is 22.4 Å². The SMILES string of the molecule is Cc1ccc(-c2c([CH]C(C)(C)C)c(CC(C)C)nc(C)c2NC(=O)c2ccc(C(N)=O)cc2)cc1. The van der Waals surface area contributed by atoms with Crippen molar-refractivity contribution in [3.63, 3.8) is 0 Å². The summed E-state index contributed by atoms with van der Waals surface area (Å²) in [5.74, 6) is -0.358. The molecule has 0 aliphatic heterocycles. The van der Waals surface area contributed by atoms with Crippen molar-refractivity contribution in [2.45, 2.75) is 54.9 Å². The van der Waals surface area contributed by atoms with E-state index in [4.69, 9.17) is 10.7 Å². The van der Waals surface area contributed by atoms with E-state index in [-0.39, 0.29) is 11.3 Å². The topological polar surface area (TPSA) is 85.1 Å². The fourth-order valence-corrected chi connectivity index (χ4v) is 4.05. The van der Waals surface area contributed by atoms with Gasteiger partial charge in [0.1, 0.15) is 0 Å². The Morgan fingerprint density at radius 1 is 0.971 bits per heavy atom. The summed E-state index contributed by atoms with van der Waals surface area (Å²) >= 11 is 0. The number of hydrogen-bond donors (Lipinski definition) is 2. The second-order valence-electron chi connectivity index (χ2n) is 10.7. The average molecular weight is 471 g/mol. The molecule has 0 spiro atoms. The molecule has 1 radical (unpaired) electrons. The van der Waals surface area contributed by atoms with E-state index in [1.54, 1.807) is 24.3 Å². The van der Waals surface area contributed by atoms with Gasteiger partial charge in [-0.25, -0.2) is 0 Å². The largest absolute Gasteiger partial charge is 0.366 e. The number of primary amides is 1. The normalized spacial score (nSPS) is 11.5. The number of aryl methyl sites for hydroxylation is 2. The van der Waals surface area contributed by atoms with Crippen molar-refractivity contribution >= 4 is 17.5 Å². The number of benzene rings is 2. The smallest absolute Gasteiger partial charge is 0.255 e. The summed E-state index contributed by atoms with van der Waals surface area (Å²) in [6, 6.07) is 14.7. The van der Waals surface area contributed by atoms with E-state index in [9.17, 15) is 9.59 Å². The number of carbonyl (C=O) groups is 2. The first kappa shape index (κ1) is 26.1. The predicted octanol–water partition coefficient (Wildman–Crippen LogP) is 6.51. The minimum absolute atomic E-state index is 0.0893. The zero-order chi connectivity index (χ0) is 25.9. The summed E-state index contributed by atoms with van der Waals surface area (Å²) in [5, 5.41) is 3.13. The fourth-order valence-electron chi connectivity index (χ4n) is 4.05. The van der Waals surface area contributed by atoms with Gasteiger partial charge in [-0.15, -0.1) is 0 Å². The molecule has 1 heterocycles. The molecule has 183 valence electrons. The molecular formula is C30H36N3O2. The molecule has 0 saturated carbocycles. The van der Waals surface area contributed by atoms with Crippen LogP contribution in [-0.2, 0) is 6.42 Å². The van der Waals surface area contributed by atoms with Gasteiger partial charge < -0.3 is 11.1 Å². The average Bonchev–Trinajstić information content (AvgIpc) is 2.76. The highest BCUT2D eigenvalue weighted by Crippen LogP contribution is 2.40. The van der Waals surface area contributed by atoms with E-state index in [0.717, 1.165) is 34.5 Å². The number of nitrogens with one attached hydrogen (secondary N) is 1. The van der Waals surface area contributed by atoms with Crippen molar-refractivity contribution in [2.75, 3.05) is 5.32 Å². The summed E-state index contributed by atoms with van der Waals surface area (Å²) in [5.41, 5.74) is 12.8. The highest BCUT2D eigenvalue weighted by atomic mass is 16.2. The van der Waals surface area contributed by atoms with E-state index in [1.165, 1.54) is 5.56 Å². The standard InChI is InChI=1S/C30H36N3O2/c1-18(2)16-25-24(17-30(5,6)7)26(21-10-8-19(3)9-11-21)27(20(4)32-25)33-29(35)23-14-12-22(13-15-23)28(31)34/h8-15,17-18H,16H2,1-7H3,(H2,31,34)(H,33,35). The first-order valence-corrected chi connectivity index (χ1v) is 12.0. The molecule has 0 fully saturated rings. The van der Waals surface area contributed by atoms with Gasteiger partial charge in [-0.05, 0) is 73.4 Å². The lowest BCUT2D eigenvalue weighted by atomic mass is 9.82. The molecule has 0 atom stereocenters. The molecule has 3 N–H and O–H groups in total. The number of anilines is 1. The van der Waals surface area contributed by atoms with E-state index >= 15 is 0 Å². The molecule has 3 rings (SSSR count). The third-order valence-corrected chi connectivity index (χ3v) is 5.68. The first-order valence-electron chi connectivity index (χ1n) is 12.0. The Bertz CT molecular complexity index is 1220. The van der Waals surface area contributed by atoms with Crippen LogP contribution in [0.2, 0.25) is 0 Å². The second-order valence-corrected chi connectivity index (χ2v) is 10.7. The molecule has 3 aromatic rings. The molecule has 5 nitrogen and oxygen atoms in total. The number of pyridine rings is 1. The Hall–Kier alpha value is -3.47. The van der Waals surface area contributed by atoms with Crippen molar-refractivity contribution < 1.29 is 9.59 Å².